The minimum atomic E-state index is -1.95. The summed E-state index contributed by atoms with van der Waals surface area (Å²) in [6, 6.07) is 7.09. The molecule has 1 aliphatic heterocycles. The SMILES string of the molecule is O=[P+]1OOc2ccccc2C1Cl. The van der Waals surface area contributed by atoms with E-state index < -0.39 is 13.1 Å². The first-order valence-corrected chi connectivity index (χ1v) is 5.01. The maximum atomic E-state index is 11.0. The molecule has 0 fully saturated rings. The molecule has 0 spiro atoms. The third-order valence-electron chi connectivity index (χ3n) is 1.56. The molecule has 2 unspecified atom stereocenters. The molecule has 3 nitrogen and oxygen atoms in total. The molecule has 1 aliphatic rings. The average molecular weight is 204 g/mol. The van der Waals surface area contributed by atoms with Crippen molar-refractivity contribution in [2.45, 2.75) is 5.12 Å². The number of para-hydroxylation sites is 1. The van der Waals surface area contributed by atoms with E-state index in [9.17, 15) is 4.57 Å². The predicted octanol–water partition coefficient (Wildman–Crippen LogP) is 2.99. The molecule has 12 heavy (non-hydrogen) atoms. The molecule has 1 aromatic carbocycles. The molecule has 5 heteroatoms. The summed E-state index contributed by atoms with van der Waals surface area (Å²) in [4.78, 5) is 4.74. The Morgan fingerprint density at radius 2 is 2.17 bits per heavy atom. The predicted molar refractivity (Wildman–Crippen MR) is 44.4 cm³/mol. The summed E-state index contributed by atoms with van der Waals surface area (Å²) in [5.74, 6) is 0.534. The molecular weight excluding hydrogens is 199 g/mol. The summed E-state index contributed by atoms with van der Waals surface area (Å²) in [7, 11) is -1.95. The van der Waals surface area contributed by atoms with Gasteiger partial charge in [-0.2, -0.15) is 0 Å². The van der Waals surface area contributed by atoms with Crippen LogP contribution in [-0.4, -0.2) is 0 Å². The van der Waals surface area contributed by atoms with Crippen molar-refractivity contribution in [3.63, 3.8) is 0 Å². The number of alkyl halides is 1. The first kappa shape index (κ1) is 7.99. The van der Waals surface area contributed by atoms with Gasteiger partial charge in [-0.1, -0.05) is 23.7 Å². The highest BCUT2D eigenvalue weighted by atomic mass is 35.5. The van der Waals surface area contributed by atoms with E-state index in [1.165, 1.54) is 0 Å². The zero-order valence-electron chi connectivity index (χ0n) is 5.94. The zero-order valence-corrected chi connectivity index (χ0v) is 7.59. The van der Waals surface area contributed by atoms with Gasteiger partial charge in [0.05, 0.1) is 10.2 Å². The molecule has 0 radical (unpaired) electrons. The number of rotatable bonds is 0. The number of benzene rings is 1. The molecule has 62 valence electrons. The Labute approximate surface area is 75.0 Å². The van der Waals surface area contributed by atoms with Crippen LogP contribution < -0.4 is 4.89 Å². The van der Waals surface area contributed by atoms with E-state index in [-0.39, 0.29) is 0 Å². The summed E-state index contributed by atoms with van der Waals surface area (Å²) < 4.78 is 15.5. The van der Waals surface area contributed by atoms with Crippen LogP contribution in [0.5, 0.6) is 5.75 Å². The fourth-order valence-electron chi connectivity index (χ4n) is 0.981. The molecule has 0 amide bonds. The minimum Gasteiger partial charge on any atom is -0.293 e. The summed E-state index contributed by atoms with van der Waals surface area (Å²) in [6.45, 7) is 0. The second-order valence-corrected chi connectivity index (χ2v) is 4.29. The van der Waals surface area contributed by atoms with Crippen LogP contribution in [0, 0.1) is 0 Å². The number of halogens is 1. The molecule has 0 aliphatic carbocycles. The van der Waals surface area contributed by atoms with Gasteiger partial charge in [0.15, 0.2) is 5.75 Å². The van der Waals surface area contributed by atoms with Crippen molar-refractivity contribution in [3.8, 4) is 5.75 Å². The van der Waals surface area contributed by atoms with Gasteiger partial charge in [0.1, 0.15) is 0 Å². The average Bonchev–Trinajstić information content (AvgIpc) is 2.12. The van der Waals surface area contributed by atoms with E-state index in [1.54, 1.807) is 18.2 Å². The summed E-state index contributed by atoms with van der Waals surface area (Å²) >= 11 is 5.81. The van der Waals surface area contributed by atoms with Crippen LogP contribution in [0.15, 0.2) is 24.3 Å². The van der Waals surface area contributed by atoms with Crippen LogP contribution >= 0.6 is 19.6 Å². The lowest BCUT2D eigenvalue weighted by Crippen LogP contribution is -2.02. The summed E-state index contributed by atoms with van der Waals surface area (Å²) in [5, 5.41) is -0.607. The van der Waals surface area contributed by atoms with Gasteiger partial charge in [-0.3, -0.25) is 4.89 Å². The molecular formula is C7H5ClO3P+. The Hall–Kier alpha value is -0.630. The first-order chi connectivity index (χ1) is 5.79. The van der Waals surface area contributed by atoms with Crippen molar-refractivity contribution in [1.82, 2.24) is 0 Å². The molecule has 1 heterocycles. The van der Waals surface area contributed by atoms with Crippen molar-refractivity contribution in [2.24, 2.45) is 0 Å². The molecule has 0 N–H and O–H groups in total. The molecule has 1 aromatic rings. The Balaban J connectivity index is 2.48. The van der Waals surface area contributed by atoms with Crippen LogP contribution in [0.3, 0.4) is 0 Å². The molecule has 0 saturated carbocycles. The Morgan fingerprint density at radius 1 is 1.42 bits per heavy atom. The maximum Gasteiger partial charge on any atom is 0.577 e. The van der Waals surface area contributed by atoms with E-state index in [1.807, 2.05) is 6.07 Å². The summed E-state index contributed by atoms with van der Waals surface area (Å²) in [5.41, 5.74) is 0.714. The van der Waals surface area contributed by atoms with E-state index in [2.05, 4.69) is 4.67 Å². The van der Waals surface area contributed by atoms with Gasteiger partial charge in [0, 0.05) is 0 Å². The van der Waals surface area contributed by atoms with Crippen LogP contribution in [0.1, 0.15) is 10.7 Å². The molecule has 0 bridgehead atoms. The monoisotopic (exact) mass is 203 g/mol. The third-order valence-corrected chi connectivity index (χ3v) is 3.14. The highest BCUT2D eigenvalue weighted by Crippen LogP contribution is 2.51. The quantitative estimate of drug-likeness (QED) is 0.369. The van der Waals surface area contributed by atoms with E-state index in [0.717, 1.165) is 0 Å². The third kappa shape index (κ3) is 1.20. The standard InChI is InChI=1S/C7H5ClO3P/c8-7-5-3-1-2-4-6(5)10-11-12(7)9/h1-4,7H/q+1. The normalized spacial score (nSPS) is 24.4. The second-order valence-electron chi connectivity index (χ2n) is 2.32. The first-order valence-electron chi connectivity index (χ1n) is 3.33. The van der Waals surface area contributed by atoms with Crippen molar-refractivity contribution in [3.05, 3.63) is 29.8 Å². The summed E-state index contributed by atoms with van der Waals surface area (Å²) in [6.07, 6.45) is 0. The fourth-order valence-corrected chi connectivity index (χ4v) is 1.93. The second kappa shape index (κ2) is 3.02. The topological polar surface area (TPSA) is 35.5 Å². The largest absolute Gasteiger partial charge is 0.577 e. The molecule has 0 saturated heterocycles. The van der Waals surface area contributed by atoms with Crippen molar-refractivity contribution in [2.75, 3.05) is 0 Å². The highest BCUT2D eigenvalue weighted by molar-refractivity contribution is 7.41. The zero-order chi connectivity index (χ0) is 8.55. The van der Waals surface area contributed by atoms with Crippen molar-refractivity contribution in [1.29, 1.82) is 0 Å². The van der Waals surface area contributed by atoms with Crippen LogP contribution in [-0.2, 0) is 9.24 Å². The molecule has 2 atom stereocenters. The Bertz CT molecular complexity index is 328. The highest BCUT2D eigenvalue weighted by Gasteiger charge is 2.41. The Morgan fingerprint density at radius 3 is 3.00 bits per heavy atom. The minimum absolute atomic E-state index is 0.534. The van der Waals surface area contributed by atoms with Crippen LogP contribution in [0.4, 0.5) is 0 Å². The van der Waals surface area contributed by atoms with Crippen molar-refractivity contribution >= 4 is 19.6 Å². The van der Waals surface area contributed by atoms with Gasteiger partial charge in [0.2, 0.25) is 0 Å². The van der Waals surface area contributed by atoms with E-state index >= 15 is 0 Å². The van der Waals surface area contributed by atoms with Crippen LogP contribution in [0.2, 0.25) is 0 Å². The van der Waals surface area contributed by atoms with Crippen LogP contribution in [0.25, 0.3) is 0 Å². The van der Waals surface area contributed by atoms with E-state index in [4.69, 9.17) is 16.5 Å². The van der Waals surface area contributed by atoms with Gasteiger partial charge >= 0.3 is 8.03 Å². The van der Waals surface area contributed by atoms with E-state index in [0.29, 0.717) is 11.3 Å². The number of fused-ring (bicyclic) bond motifs is 1. The van der Waals surface area contributed by atoms with Gasteiger partial charge < -0.3 is 0 Å². The molecule has 0 aromatic heterocycles. The number of hydrogen-bond acceptors (Lipinski definition) is 3. The van der Waals surface area contributed by atoms with Crippen molar-refractivity contribution < 1.29 is 14.1 Å². The van der Waals surface area contributed by atoms with Gasteiger partial charge in [-0.25, -0.2) is 0 Å². The smallest absolute Gasteiger partial charge is 0.293 e. The lowest BCUT2D eigenvalue weighted by Gasteiger charge is -2.08. The lowest BCUT2D eigenvalue weighted by atomic mass is 10.2. The van der Waals surface area contributed by atoms with Gasteiger partial charge in [-0.15, -0.1) is 0 Å². The Kier molecular flexibility index (Phi) is 2.01. The number of hydrogen-bond donors (Lipinski definition) is 0. The van der Waals surface area contributed by atoms with Gasteiger partial charge in [0.25, 0.3) is 5.12 Å². The van der Waals surface area contributed by atoms with Gasteiger partial charge in [-0.05, 0) is 16.7 Å². The lowest BCUT2D eigenvalue weighted by molar-refractivity contribution is -0.0977. The fraction of sp³-hybridized carbons (Fsp3) is 0.143. The molecule has 2 rings (SSSR count). The maximum absolute atomic E-state index is 11.0.